The zero-order valence-corrected chi connectivity index (χ0v) is 13.3. The van der Waals surface area contributed by atoms with Crippen LogP contribution in [0.4, 0.5) is 0 Å². The number of amides is 2. The van der Waals surface area contributed by atoms with Crippen molar-refractivity contribution < 1.29 is 19.1 Å². The third-order valence-corrected chi connectivity index (χ3v) is 3.32. The van der Waals surface area contributed by atoms with E-state index in [1.807, 2.05) is 25.1 Å². The van der Waals surface area contributed by atoms with Gasteiger partial charge in [-0.15, -0.1) is 0 Å². The van der Waals surface area contributed by atoms with Crippen LogP contribution in [0.5, 0.6) is 11.5 Å². The number of carbonyl (C=O) groups is 2. The maximum absolute atomic E-state index is 12.0. The van der Waals surface area contributed by atoms with Gasteiger partial charge in [0.2, 0.25) is 12.3 Å². The van der Waals surface area contributed by atoms with Gasteiger partial charge in [-0.25, -0.2) is 0 Å². The van der Waals surface area contributed by atoms with E-state index in [0.29, 0.717) is 43.8 Å². The Hall–Kier alpha value is -2.24. The van der Waals surface area contributed by atoms with Crippen molar-refractivity contribution in [2.75, 3.05) is 27.3 Å². The molecule has 0 fully saturated rings. The molecule has 0 aliphatic rings. The van der Waals surface area contributed by atoms with Gasteiger partial charge in [0, 0.05) is 19.0 Å². The first-order valence-electron chi connectivity index (χ1n) is 7.28. The lowest BCUT2D eigenvalue weighted by atomic mass is 10.00. The van der Waals surface area contributed by atoms with Crippen LogP contribution in [-0.4, -0.2) is 39.6 Å². The van der Waals surface area contributed by atoms with Crippen LogP contribution in [0, 0.1) is 5.92 Å². The molecule has 0 bridgehead atoms. The Bertz CT molecular complexity index is 491. The van der Waals surface area contributed by atoms with Gasteiger partial charge in [-0.1, -0.05) is 13.0 Å². The van der Waals surface area contributed by atoms with E-state index in [0.717, 1.165) is 5.56 Å². The molecule has 6 nitrogen and oxygen atoms in total. The molecule has 0 aliphatic heterocycles. The van der Waals surface area contributed by atoms with Gasteiger partial charge in [0.05, 0.1) is 14.2 Å². The van der Waals surface area contributed by atoms with Crippen LogP contribution in [0.3, 0.4) is 0 Å². The van der Waals surface area contributed by atoms with Gasteiger partial charge in [-0.05, 0) is 30.5 Å². The minimum Gasteiger partial charge on any atom is -0.493 e. The molecule has 1 rings (SSSR count). The number of hydrogen-bond acceptors (Lipinski definition) is 4. The third kappa shape index (κ3) is 5.63. The Kier molecular flexibility index (Phi) is 7.81. The fourth-order valence-electron chi connectivity index (χ4n) is 2.09. The Morgan fingerprint density at radius 1 is 1.23 bits per heavy atom. The second-order valence-corrected chi connectivity index (χ2v) is 5.01. The van der Waals surface area contributed by atoms with Crippen molar-refractivity contribution in [2.45, 2.75) is 19.8 Å². The van der Waals surface area contributed by atoms with Gasteiger partial charge in [0.15, 0.2) is 11.5 Å². The van der Waals surface area contributed by atoms with Crippen molar-refractivity contribution in [3.05, 3.63) is 23.8 Å². The summed E-state index contributed by atoms with van der Waals surface area (Å²) in [6.07, 6.45) is 1.99. The number of nitrogens with one attached hydrogen (secondary N) is 2. The van der Waals surface area contributed by atoms with E-state index >= 15 is 0 Å². The van der Waals surface area contributed by atoms with Crippen LogP contribution in [-0.2, 0) is 16.0 Å². The van der Waals surface area contributed by atoms with E-state index in [9.17, 15) is 9.59 Å². The van der Waals surface area contributed by atoms with Crippen LogP contribution < -0.4 is 20.1 Å². The fourth-order valence-corrected chi connectivity index (χ4v) is 2.09. The molecule has 122 valence electrons. The topological polar surface area (TPSA) is 76.7 Å². The van der Waals surface area contributed by atoms with Crippen molar-refractivity contribution >= 4 is 12.3 Å². The first kappa shape index (κ1) is 17.8. The van der Waals surface area contributed by atoms with Gasteiger partial charge in [0.25, 0.3) is 0 Å². The predicted molar refractivity (Wildman–Crippen MR) is 84.1 cm³/mol. The van der Waals surface area contributed by atoms with Crippen molar-refractivity contribution in [2.24, 2.45) is 5.92 Å². The van der Waals surface area contributed by atoms with Gasteiger partial charge >= 0.3 is 0 Å². The molecule has 2 amide bonds. The number of rotatable bonds is 10. The van der Waals surface area contributed by atoms with Crippen LogP contribution in [0.1, 0.15) is 18.9 Å². The Morgan fingerprint density at radius 3 is 2.59 bits per heavy atom. The maximum atomic E-state index is 12.0. The average molecular weight is 308 g/mol. The SMILES string of the molecule is COc1ccc(CC(C)C(=O)NCCCNC=O)cc1OC. The highest BCUT2D eigenvalue weighted by molar-refractivity contribution is 5.78. The normalized spacial score (nSPS) is 11.4. The summed E-state index contributed by atoms with van der Waals surface area (Å²) in [6.45, 7) is 3.00. The second kappa shape index (κ2) is 9.65. The standard InChI is InChI=1S/C16H24N2O4/c1-12(16(20)18-8-4-7-17-11-19)9-13-5-6-14(21-2)15(10-13)22-3/h5-6,10-12H,4,7-9H2,1-3H3,(H,17,19)(H,18,20). The highest BCUT2D eigenvalue weighted by Crippen LogP contribution is 2.28. The van der Waals surface area contributed by atoms with E-state index in [4.69, 9.17) is 9.47 Å². The summed E-state index contributed by atoms with van der Waals surface area (Å²) in [7, 11) is 3.18. The maximum Gasteiger partial charge on any atom is 0.223 e. The Balaban J connectivity index is 2.48. The van der Waals surface area contributed by atoms with Crippen molar-refractivity contribution in [1.82, 2.24) is 10.6 Å². The van der Waals surface area contributed by atoms with E-state index < -0.39 is 0 Å². The number of benzene rings is 1. The van der Waals surface area contributed by atoms with Gasteiger partial charge in [-0.2, -0.15) is 0 Å². The summed E-state index contributed by atoms with van der Waals surface area (Å²) in [5.74, 6) is 1.19. The third-order valence-electron chi connectivity index (χ3n) is 3.32. The largest absolute Gasteiger partial charge is 0.493 e. The molecule has 22 heavy (non-hydrogen) atoms. The lowest BCUT2D eigenvalue weighted by Gasteiger charge is -2.14. The van der Waals surface area contributed by atoms with Crippen molar-refractivity contribution in [3.63, 3.8) is 0 Å². The molecule has 1 aromatic carbocycles. The van der Waals surface area contributed by atoms with Gasteiger partial charge < -0.3 is 20.1 Å². The summed E-state index contributed by atoms with van der Waals surface area (Å²) < 4.78 is 10.5. The summed E-state index contributed by atoms with van der Waals surface area (Å²) in [4.78, 5) is 22.1. The predicted octanol–water partition coefficient (Wildman–Crippen LogP) is 1.13. The smallest absolute Gasteiger partial charge is 0.223 e. The molecule has 0 spiro atoms. The average Bonchev–Trinajstić information content (AvgIpc) is 2.54. The number of ether oxygens (including phenoxy) is 2. The molecule has 0 radical (unpaired) electrons. The molecule has 6 heteroatoms. The number of methoxy groups -OCH3 is 2. The van der Waals surface area contributed by atoms with Crippen molar-refractivity contribution in [3.8, 4) is 11.5 Å². The molecular weight excluding hydrogens is 284 g/mol. The molecule has 1 atom stereocenters. The van der Waals surface area contributed by atoms with Crippen LogP contribution >= 0.6 is 0 Å². The second-order valence-electron chi connectivity index (χ2n) is 5.01. The van der Waals surface area contributed by atoms with E-state index in [1.54, 1.807) is 14.2 Å². The van der Waals surface area contributed by atoms with Crippen LogP contribution in [0.25, 0.3) is 0 Å². The molecule has 0 heterocycles. The zero-order chi connectivity index (χ0) is 16.4. The quantitative estimate of drug-likeness (QED) is 0.502. The summed E-state index contributed by atoms with van der Waals surface area (Å²) in [6, 6.07) is 5.65. The lowest BCUT2D eigenvalue weighted by Crippen LogP contribution is -2.32. The minimum atomic E-state index is -0.142. The first-order valence-corrected chi connectivity index (χ1v) is 7.28. The summed E-state index contributed by atoms with van der Waals surface area (Å²) in [5, 5.41) is 5.42. The molecule has 1 unspecified atom stereocenters. The Labute approximate surface area is 131 Å². The fraction of sp³-hybridized carbons (Fsp3) is 0.500. The van der Waals surface area contributed by atoms with Gasteiger partial charge in [-0.3, -0.25) is 9.59 Å². The summed E-state index contributed by atoms with van der Waals surface area (Å²) in [5.41, 5.74) is 1.02. The highest BCUT2D eigenvalue weighted by Gasteiger charge is 2.14. The molecule has 0 aliphatic carbocycles. The Morgan fingerprint density at radius 2 is 1.95 bits per heavy atom. The zero-order valence-electron chi connectivity index (χ0n) is 13.3. The molecule has 0 aromatic heterocycles. The minimum absolute atomic E-state index is 0.000822. The molecule has 2 N–H and O–H groups in total. The summed E-state index contributed by atoms with van der Waals surface area (Å²) >= 11 is 0. The number of hydrogen-bond donors (Lipinski definition) is 2. The van der Waals surface area contributed by atoms with Crippen LogP contribution in [0.2, 0.25) is 0 Å². The molecule has 0 saturated carbocycles. The first-order chi connectivity index (χ1) is 10.6. The van der Waals surface area contributed by atoms with Crippen molar-refractivity contribution in [1.29, 1.82) is 0 Å². The molecule has 0 saturated heterocycles. The highest BCUT2D eigenvalue weighted by atomic mass is 16.5. The molecular formula is C16H24N2O4. The van der Waals surface area contributed by atoms with Crippen LogP contribution in [0.15, 0.2) is 18.2 Å². The lowest BCUT2D eigenvalue weighted by molar-refractivity contribution is -0.124. The number of carbonyl (C=O) groups excluding carboxylic acids is 2. The van der Waals surface area contributed by atoms with Gasteiger partial charge in [0.1, 0.15) is 0 Å². The van der Waals surface area contributed by atoms with E-state index in [2.05, 4.69) is 10.6 Å². The van der Waals surface area contributed by atoms with E-state index in [1.165, 1.54) is 0 Å². The molecule has 1 aromatic rings. The van der Waals surface area contributed by atoms with E-state index in [-0.39, 0.29) is 11.8 Å². The monoisotopic (exact) mass is 308 g/mol.